The molecule has 0 radical (unpaired) electrons. The fourth-order valence-corrected chi connectivity index (χ4v) is 1.36. The van der Waals surface area contributed by atoms with Crippen molar-refractivity contribution >= 4 is 11.9 Å². The summed E-state index contributed by atoms with van der Waals surface area (Å²) in [5.74, 6) is -6.00. The van der Waals surface area contributed by atoms with Crippen LogP contribution in [0.3, 0.4) is 0 Å². The van der Waals surface area contributed by atoms with E-state index in [0.29, 0.717) is 6.07 Å². The van der Waals surface area contributed by atoms with Gasteiger partial charge in [-0.3, -0.25) is 9.59 Å². The maximum atomic E-state index is 13.4. The SMILES string of the molecule is COC(=O)CCN(C)C(=O)c1ccc(F)c(F)c1F. The Morgan fingerprint density at radius 2 is 1.84 bits per heavy atom. The van der Waals surface area contributed by atoms with Crippen LogP contribution in [0.1, 0.15) is 16.8 Å². The number of nitrogens with zero attached hydrogens (tertiary/aromatic N) is 1. The van der Waals surface area contributed by atoms with E-state index in [1.54, 1.807) is 0 Å². The van der Waals surface area contributed by atoms with Gasteiger partial charge in [0.25, 0.3) is 5.91 Å². The van der Waals surface area contributed by atoms with Gasteiger partial charge in [-0.05, 0) is 12.1 Å². The predicted molar refractivity (Wildman–Crippen MR) is 59.9 cm³/mol. The number of esters is 1. The molecule has 1 rings (SSSR count). The molecular weight excluding hydrogens is 263 g/mol. The second-order valence-electron chi connectivity index (χ2n) is 3.78. The quantitative estimate of drug-likeness (QED) is 0.621. The first-order chi connectivity index (χ1) is 8.88. The fraction of sp³-hybridized carbons (Fsp3) is 0.333. The van der Waals surface area contributed by atoms with Crippen LogP contribution >= 0.6 is 0 Å². The second-order valence-corrected chi connectivity index (χ2v) is 3.78. The van der Waals surface area contributed by atoms with Gasteiger partial charge in [0.15, 0.2) is 17.5 Å². The largest absolute Gasteiger partial charge is 0.469 e. The maximum Gasteiger partial charge on any atom is 0.307 e. The van der Waals surface area contributed by atoms with Crippen LogP contribution in [0.2, 0.25) is 0 Å². The molecule has 0 aromatic heterocycles. The Balaban J connectivity index is 2.83. The van der Waals surface area contributed by atoms with Gasteiger partial charge in [-0.15, -0.1) is 0 Å². The lowest BCUT2D eigenvalue weighted by atomic mass is 10.1. The Labute approximate surface area is 107 Å². The minimum Gasteiger partial charge on any atom is -0.469 e. The van der Waals surface area contributed by atoms with E-state index in [2.05, 4.69) is 4.74 Å². The molecule has 0 spiro atoms. The van der Waals surface area contributed by atoms with Crippen molar-refractivity contribution in [1.29, 1.82) is 0 Å². The van der Waals surface area contributed by atoms with E-state index in [9.17, 15) is 22.8 Å². The zero-order chi connectivity index (χ0) is 14.6. The molecule has 0 atom stereocenters. The highest BCUT2D eigenvalue weighted by atomic mass is 19.2. The third kappa shape index (κ3) is 3.46. The van der Waals surface area contributed by atoms with Gasteiger partial charge in [0.2, 0.25) is 0 Å². The van der Waals surface area contributed by atoms with Gasteiger partial charge in [0.05, 0.1) is 19.1 Å². The van der Waals surface area contributed by atoms with Crippen molar-refractivity contribution in [2.75, 3.05) is 20.7 Å². The summed E-state index contributed by atoms with van der Waals surface area (Å²) in [4.78, 5) is 23.7. The summed E-state index contributed by atoms with van der Waals surface area (Å²) in [6.07, 6.45) is -0.0793. The lowest BCUT2D eigenvalue weighted by molar-refractivity contribution is -0.140. The molecule has 0 fully saturated rings. The Bertz CT molecular complexity index is 505. The molecule has 4 nitrogen and oxygen atoms in total. The number of carbonyl (C=O) groups is 2. The third-order valence-corrected chi connectivity index (χ3v) is 2.49. The summed E-state index contributed by atoms with van der Waals surface area (Å²) >= 11 is 0. The molecule has 0 bridgehead atoms. The monoisotopic (exact) mass is 275 g/mol. The van der Waals surface area contributed by atoms with Crippen molar-refractivity contribution in [3.05, 3.63) is 35.1 Å². The first-order valence-corrected chi connectivity index (χ1v) is 5.34. The highest BCUT2D eigenvalue weighted by Gasteiger charge is 2.21. The number of ether oxygens (including phenoxy) is 1. The molecule has 19 heavy (non-hydrogen) atoms. The summed E-state index contributed by atoms with van der Waals surface area (Å²) < 4.78 is 43.5. The molecule has 1 aromatic rings. The Hall–Kier alpha value is -2.05. The van der Waals surface area contributed by atoms with Crippen LogP contribution in [0.15, 0.2) is 12.1 Å². The zero-order valence-electron chi connectivity index (χ0n) is 10.4. The van der Waals surface area contributed by atoms with Crippen LogP contribution in [-0.2, 0) is 9.53 Å². The molecular formula is C12H12F3NO3. The molecule has 0 unspecified atom stereocenters. The maximum absolute atomic E-state index is 13.4. The van der Waals surface area contributed by atoms with Crippen LogP contribution in [-0.4, -0.2) is 37.5 Å². The molecule has 0 N–H and O–H groups in total. The van der Waals surface area contributed by atoms with Crippen molar-refractivity contribution in [2.24, 2.45) is 0 Å². The fourth-order valence-electron chi connectivity index (χ4n) is 1.36. The van der Waals surface area contributed by atoms with Gasteiger partial charge in [-0.1, -0.05) is 0 Å². The average Bonchev–Trinajstić information content (AvgIpc) is 2.41. The summed E-state index contributed by atoms with van der Waals surface area (Å²) in [6, 6.07) is 1.52. The van der Waals surface area contributed by atoms with E-state index >= 15 is 0 Å². The van der Waals surface area contributed by atoms with Crippen LogP contribution in [0, 0.1) is 17.5 Å². The topological polar surface area (TPSA) is 46.6 Å². The van der Waals surface area contributed by atoms with E-state index < -0.39 is 34.9 Å². The van der Waals surface area contributed by atoms with Gasteiger partial charge < -0.3 is 9.64 Å². The van der Waals surface area contributed by atoms with E-state index in [0.717, 1.165) is 11.0 Å². The number of halogens is 3. The second kappa shape index (κ2) is 6.21. The minimum atomic E-state index is -1.70. The molecule has 7 heteroatoms. The van der Waals surface area contributed by atoms with Crippen LogP contribution in [0.4, 0.5) is 13.2 Å². The molecule has 104 valence electrons. The van der Waals surface area contributed by atoms with Crippen molar-refractivity contribution in [3.63, 3.8) is 0 Å². The molecule has 0 aliphatic heterocycles. The first kappa shape index (κ1) is 15.0. The number of carbonyl (C=O) groups excluding carboxylic acids is 2. The number of hydrogen-bond acceptors (Lipinski definition) is 3. The summed E-state index contributed by atoms with van der Waals surface area (Å²) in [5.41, 5.74) is -0.591. The molecule has 0 aliphatic rings. The van der Waals surface area contributed by atoms with Crippen molar-refractivity contribution < 1.29 is 27.5 Å². The molecule has 0 aliphatic carbocycles. The van der Waals surface area contributed by atoms with E-state index in [-0.39, 0.29) is 13.0 Å². The Kier molecular flexibility index (Phi) is 4.91. The third-order valence-electron chi connectivity index (χ3n) is 2.49. The lowest BCUT2D eigenvalue weighted by Crippen LogP contribution is -2.30. The number of amides is 1. The highest BCUT2D eigenvalue weighted by Crippen LogP contribution is 2.16. The zero-order valence-corrected chi connectivity index (χ0v) is 10.4. The van der Waals surface area contributed by atoms with Crippen molar-refractivity contribution in [3.8, 4) is 0 Å². The summed E-state index contributed by atoms with van der Waals surface area (Å²) in [5, 5.41) is 0. The van der Waals surface area contributed by atoms with E-state index in [4.69, 9.17) is 0 Å². The smallest absolute Gasteiger partial charge is 0.307 e. The van der Waals surface area contributed by atoms with Gasteiger partial charge in [-0.2, -0.15) is 0 Å². The molecule has 1 aromatic carbocycles. The van der Waals surface area contributed by atoms with E-state index in [1.165, 1.54) is 14.2 Å². The average molecular weight is 275 g/mol. The van der Waals surface area contributed by atoms with Crippen molar-refractivity contribution in [1.82, 2.24) is 4.90 Å². The predicted octanol–water partition coefficient (Wildman–Crippen LogP) is 1.74. The van der Waals surface area contributed by atoms with Gasteiger partial charge >= 0.3 is 5.97 Å². The van der Waals surface area contributed by atoms with Crippen molar-refractivity contribution in [2.45, 2.75) is 6.42 Å². The molecule has 0 saturated heterocycles. The summed E-state index contributed by atoms with van der Waals surface area (Å²) in [7, 11) is 2.51. The number of methoxy groups -OCH3 is 1. The molecule has 0 heterocycles. The van der Waals surface area contributed by atoms with E-state index in [1.807, 2.05) is 0 Å². The molecule has 0 saturated carbocycles. The van der Waals surface area contributed by atoms with Crippen LogP contribution < -0.4 is 0 Å². The van der Waals surface area contributed by atoms with Gasteiger partial charge in [-0.25, -0.2) is 13.2 Å². The first-order valence-electron chi connectivity index (χ1n) is 5.34. The number of rotatable bonds is 4. The van der Waals surface area contributed by atoms with Crippen LogP contribution in [0.5, 0.6) is 0 Å². The summed E-state index contributed by atoms with van der Waals surface area (Å²) in [6.45, 7) is -0.0239. The number of hydrogen-bond donors (Lipinski definition) is 0. The van der Waals surface area contributed by atoms with Gasteiger partial charge in [0, 0.05) is 13.6 Å². The Morgan fingerprint density at radius 3 is 2.42 bits per heavy atom. The van der Waals surface area contributed by atoms with Gasteiger partial charge in [0.1, 0.15) is 0 Å². The highest BCUT2D eigenvalue weighted by molar-refractivity contribution is 5.94. The number of benzene rings is 1. The standard InChI is InChI=1S/C12H12F3NO3/c1-16(6-5-9(17)19-2)12(18)7-3-4-8(13)11(15)10(7)14/h3-4H,5-6H2,1-2H3. The molecule has 1 amide bonds. The lowest BCUT2D eigenvalue weighted by Gasteiger charge is -2.17. The normalized spacial score (nSPS) is 10.2. The minimum absolute atomic E-state index is 0.0239. The van der Waals surface area contributed by atoms with Crippen LogP contribution in [0.25, 0.3) is 0 Å². The Morgan fingerprint density at radius 1 is 1.21 bits per heavy atom.